The van der Waals surface area contributed by atoms with E-state index < -0.39 is 30.3 Å². The average Bonchev–Trinajstić information content (AvgIpc) is 2.74. The summed E-state index contributed by atoms with van der Waals surface area (Å²) >= 11 is 0. The Morgan fingerprint density at radius 2 is 1.59 bits per heavy atom. The van der Waals surface area contributed by atoms with E-state index in [0.29, 0.717) is 12.8 Å². The van der Waals surface area contributed by atoms with Crippen molar-refractivity contribution in [2.45, 2.75) is 71.6 Å². The van der Waals surface area contributed by atoms with Gasteiger partial charge in [-0.15, -0.1) is 0 Å². The van der Waals surface area contributed by atoms with Crippen LogP contribution in [0.1, 0.15) is 53.5 Å². The largest absolute Gasteiger partial charge is 0.494 e. The second kappa shape index (κ2) is 8.03. The Morgan fingerprint density at radius 1 is 1.07 bits per heavy atom. The summed E-state index contributed by atoms with van der Waals surface area (Å²) in [5.41, 5.74) is 6.49. The minimum Gasteiger partial charge on any atom is -0.399 e. The number of rotatable bonds is 7. The molecule has 1 atom stereocenters. The molecule has 2 amide bonds. The van der Waals surface area contributed by atoms with Gasteiger partial charge in [0.2, 0.25) is 11.8 Å². The maximum Gasteiger partial charge on any atom is 0.494 e. The molecule has 1 aliphatic rings. The van der Waals surface area contributed by atoms with E-state index in [2.05, 4.69) is 5.32 Å². The third-order valence-electron chi connectivity index (χ3n) is 5.22. The first kappa shape index (κ1) is 21.4. The molecule has 0 bridgehead atoms. The summed E-state index contributed by atoms with van der Waals surface area (Å²) in [6, 6.07) is 6.94. The van der Waals surface area contributed by atoms with Crippen LogP contribution in [0.2, 0.25) is 0 Å². The molecular weight excluding hydrogens is 343 g/mol. The lowest BCUT2D eigenvalue weighted by atomic mass is 9.78. The van der Waals surface area contributed by atoms with E-state index >= 15 is 0 Å². The fourth-order valence-corrected chi connectivity index (χ4v) is 2.87. The highest BCUT2D eigenvalue weighted by molar-refractivity contribution is 6.62. The zero-order valence-electron chi connectivity index (χ0n) is 17.2. The maximum absolute atomic E-state index is 12.0. The van der Waals surface area contributed by atoms with Gasteiger partial charge < -0.3 is 20.4 Å². The monoisotopic (exact) mass is 374 g/mol. The molecule has 1 heterocycles. The maximum atomic E-state index is 12.0. The lowest BCUT2D eigenvalue weighted by Gasteiger charge is -2.32. The zero-order chi connectivity index (χ0) is 20.4. The number of carbonyl (C=O) groups excluding carboxylic acids is 2. The second-order valence-corrected chi connectivity index (χ2v) is 8.65. The summed E-state index contributed by atoms with van der Waals surface area (Å²) in [6.07, 6.45) is 0.716. The van der Waals surface area contributed by atoms with E-state index in [-0.39, 0.29) is 11.8 Å². The van der Waals surface area contributed by atoms with Gasteiger partial charge in [-0.3, -0.25) is 9.59 Å². The Bertz CT molecular complexity index is 670. The first-order valence-electron chi connectivity index (χ1n) is 9.44. The van der Waals surface area contributed by atoms with Crippen LogP contribution in [0.25, 0.3) is 0 Å². The molecule has 0 spiro atoms. The Labute approximate surface area is 162 Å². The zero-order valence-corrected chi connectivity index (χ0v) is 17.2. The van der Waals surface area contributed by atoms with E-state index in [1.165, 1.54) is 0 Å². The molecule has 1 aliphatic heterocycles. The van der Waals surface area contributed by atoms with Crippen molar-refractivity contribution < 1.29 is 18.9 Å². The van der Waals surface area contributed by atoms with Crippen LogP contribution in [-0.2, 0) is 25.3 Å². The molecule has 0 aliphatic carbocycles. The van der Waals surface area contributed by atoms with Crippen LogP contribution < -0.4 is 16.5 Å². The molecule has 27 heavy (non-hydrogen) atoms. The van der Waals surface area contributed by atoms with Gasteiger partial charge in [-0.2, -0.15) is 0 Å². The van der Waals surface area contributed by atoms with Crippen molar-refractivity contribution in [1.29, 1.82) is 0 Å². The van der Waals surface area contributed by atoms with E-state index in [0.717, 1.165) is 11.0 Å². The number of carbonyl (C=O) groups is 2. The van der Waals surface area contributed by atoms with Gasteiger partial charge in [-0.1, -0.05) is 38.1 Å². The highest BCUT2D eigenvalue weighted by atomic mass is 16.7. The first-order chi connectivity index (χ1) is 12.4. The minimum atomic E-state index is -0.723. The van der Waals surface area contributed by atoms with Crippen molar-refractivity contribution in [2.24, 2.45) is 11.7 Å². The van der Waals surface area contributed by atoms with Crippen molar-refractivity contribution in [3.63, 3.8) is 0 Å². The third-order valence-corrected chi connectivity index (χ3v) is 5.22. The van der Waals surface area contributed by atoms with Gasteiger partial charge >= 0.3 is 7.12 Å². The summed E-state index contributed by atoms with van der Waals surface area (Å²) in [4.78, 5) is 23.7. The van der Waals surface area contributed by atoms with Crippen LogP contribution in [-0.4, -0.2) is 36.2 Å². The van der Waals surface area contributed by atoms with E-state index in [9.17, 15) is 9.59 Å². The predicted octanol–water partition coefficient (Wildman–Crippen LogP) is 1.54. The molecule has 0 saturated carbocycles. The van der Waals surface area contributed by atoms with E-state index in [1.54, 1.807) is 0 Å². The molecule has 6 nitrogen and oxygen atoms in total. The quantitative estimate of drug-likeness (QED) is 0.709. The number of nitrogens with one attached hydrogen (secondary N) is 1. The normalized spacial score (nSPS) is 19.1. The lowest BCUT2D eigenvalue weighted by molar-refractivity contribution is -0.127. The van der Waals surface area contributed by atoms with Crippen LogP contribution >= 0.6 is 0 Å². The molecule has 1 fully saturated rings. The van der Waals surface area contributed by atoms with Crippen molar-refractivity contribution in [1.82, 2.24) is 5.32 Å². The van der Waals surface area contributed by atoms with Gasteiger partial charge in [0.25, 0.3) is 0 Å². The number of hydrogen-bond acceptors (Lipinski definition) is 4. The summed E-state index contributed by atoms with van der Waals surface area (Å²) in [5, 5.41) is 2.72. The molecule has 148 valence electrons. The SMILES string of the molecule is CC(C)CC(=O)N[C@H](Cc1ccc(B2OC(C)(C)C(C)(C)O2)cc1)C(N)=O. The van der Waals surface area contributed by atoms with Crippen molar-refractivity contribution >= 4 is 24.4 Å². The Kier molecular flexibility index (Phi) is 6.37. The fraction of sp³-hybridized carbons (Fsp3) is 0.600. The van der Waals surface area contributed by atoms with Crippen LogP contribution in [0.3, 0.4) is 0 Å². The molecule has 1 saturated heterocycles. The van der Waals surface area contributed by atoms with Crippen LogP contribution in [0, 0.1) is 5.92 Å². The summed E-state index contributed by atoms with van der Waals surface area (Å²) in [6.45, 7) is 12.0. The van der Waals surface area contributed by atoms with Gasteiger partial charge in [-0.05, 0) is 44.6 Å². The van der Waals surface area contributed by atoms with Crippen molar-refractivity contribution in [3.8, 4) is 0 Å². The Hall–Kier alpha value is -1.86. The van der Waals surface area contributed by atoms with Gasteiger partial charge in [0, 0.05) is 12.8 Å². The second-order valence-electron chi connectivity index (χ2n) is 8.65. The van der Waals surface area contributed by atoms with Crippen molar-refractivity contribution in [3.05, 3.63) is 29.8 Å². The molecule has 3 N–H and O–H groups in total. The van der Waals surface area contributed by atoms with Gasteiger partial charge in [0.05, 0.1) is 11.2 Å². The highest BCUT2D eigenvalue weighted by Crippen LogP contribution is 2.36. The fourth-order valence-electron chi connectivity index (χ4n) is 2.87. The van der Waals surface area contributed by atoms with Gasteiger partial charge in [-0.25, -0.2) is 0 Å². The topological polar surface area (TPSA) is 90.7 Å². The van der Waals surface area contributed by atoms with Gasteiger partial charge in [0.1, 0.15) is 6.04 Å². The third kappa shape index (κ3) is 5.33. The summed E-state index contributed by atoms with van der Waals surface area (Å²) in [5.74, 6) is -0.484. The first-order valence-corrected chi connectivity index (χ1v) is 9.44. The highest BCUT2D eigenvalue weighted by Gasteiger charge is 2.51. The molecule has 0 radical (unpaired) electrons. The standard InChI is InChI=1S/C20H31BN2O4/c1-13(2)11-17(24)23-16(18(22)25)12-14-7-9-15(10-8-14)21-26-19(3,4)20(5,6)27-21/h7-10,13,16H,11-12H2,1-6H3,(H2,22,25)(H,23,24)/t16-/m1/s1. The Morgan fingerprint density at radius 3 is 2.04 bits per heavy atom. The number of hydrogen-bond donors (Lipinski definition) is 2. The molecule has 2 rings (SSSR count). The minimum absolute atomic E-state index is 0.164. The lowest BCUT2D eigenvalue weighted by Crippen LogP contribution is -2.46. The average molecular weight is 374 g/mol. The molecule has 1 aromatic rings. The molecular formula is C20H31BN2O4. The van der Waals surface area contributed by atoms with E-state index in [4.69, 9.17) is 15.0 Å². The van der Waals surface area contributed by atoms with Gasteiger partial charge in [0.15, 0.2) is 0 Å². The molecule has 0 unspecified atom stereocenters. The number of amides is 2. The molecule has 7 heteroatoms. The molecule has 0 aromatic heterocycles. The van der Waals surface area contributed by atoms with Crippen LogP contribution in [0.4, 0.5) is 0 Å². The number of primary amides is 1. The number of nitrogens with two attached hydrogens (primary N) is 1. The van der Waals surface area contributed by atoms with Crippen LogP contribution in [0.15, 0.2) is 24.3 Å². The molecule has 1 aromatic carbocycles. The van der Waals surface area contributed by atoms with Crippen molar-refractivity contribution in [2.75, 3.05) is 0 Å². The summed E-state index contributed by atoms with van der Waals surface area (Å²) in [7, 11) is -0.429. The van der Waals surface area contributed by atoms with Crippen LogP contribution in [0.5, 0.6) is 0 Å². The summed E-state index contributed by atoms with van der Waals surface area (Å²) < 4.78 is 12.1. The predicted molar refractivity (Wildman–Crippen MR) is 106 cm³/mol. The Balaban J connectivity index is 2.04. The smallest absolute Gasteiger partial charge is 0.399 e. The number of benzene rings is 1. The van der Waals surface area contributed by atoms with E-state index in [1.807, 2.05) is 65.8 Å².